The number of nitrogens with zero attached hydrogens (tertiary/aromatic N) is 1. The fourth-order valence-electron chi connectivity index (χ4n) is 4.00. The SMILES string of the molecule is COc1ccc2nccc(C[C@@H](O)C3CCC(NC(=O)OC(C)(C)C)CC3)c2c1. The first kappa shape index (κ1) is 21.4. The number of aromatic nitrogens is 1. The molecule has 0 aliphatic heterocycles. The first-order valence-electron chi connectivity index (χ1n) is 10.3. The van der Waals surface area contributed by atoms with Crippen LogP contribution in [0.4, 0.5) is 4.79 Å². The molecule has 1 aromatic heterocycles. The maximum atomic E-state index is 12.0. The van der Waals surface area contributed by atoms with E-state index in [1.165, 1.54) is 0 Å². The van der Waals surface area contributed by atoms with Crippen LogP contribution in [0, 0.1) is 5.92 Å². The number of aliphatic hydroxyl groups excluding tert-OH is 1. The van der Waals surface area contributed by atoms with Crippen molar-refractivity contribution in [3.8, 4) is 5.75 Å². The third kappa shape index (κ3) is 5.82. The lowest BCUT2D eigenvalue weighted by atomic mass is 9.81. The minimum absolute atomic E-state index is 0.110. The maximum Gasteiger partial charge on any atom is 0.407 e. The molecule has 0 bridgehead atoms. The van der Waals surface area contributed by atoms with E-state index in [9.17, 15) is 9.90 Å². The zero-order valence-corrected chi connectivity index (χ0v) is 17.8. The number of nitrogens with one attached hydrogen (secondary N) is 1. The van der Waals surface area contributed by atoms with Gasteiger partial charge in [-0.2, -0.15) is 0 Å². The largest absolute Gasteiger partial charge is 0.497 e. The van der Waals surface area contributed by atoms with Gasteiger partial charge in [0.1, 0.15) is 11.4 Å². The van der Waals surface area contributed by atoms with Crippen molar-refractivity contribution >= 4 is 17.0 Å². The van der Waals surface area contributed by atoms with E-state index in [1.54, 1.807) is 13.3 Å². The Bertz CT molecular complexity index is 838. The van der Waals surface area contributed by atoms with Gasteiger partial charge in [-0.1, -0.05) is 0 Å². The Morgan fingerprint density at radius 3 is 2.62 bits per heavy atom. The summed E-state index contributed by atoms with van der Waals surface area (Å²) in [4.78, 5) is 16.4. The van der Waals surface area contributed by atoms with Crippen molar-refractivity contribution < 1.29 is 19.4 Å². The van der Waals surface area contributed by atoms with Gasteiger partial charge in [0.2, 0.25) is 0 Å². The average molecular weight is 401 g/mol. The van der Waals surface area contributed by atoms with Crippen LogP contribution in [0.3, 0.4) is 0 Å². The zero-order valence-electron chi connectivity index (χ0n) is 17.8. The number of methoxy groups -OCH3 is 1. The van der Waals surface area contributed by atoms with Crippen LogP contribution in [0.5, 0.6) is 5.75 Å². The van der Waals surface area contributed by atoms with Crippen LogP contribution in [0.25, 0.3) is 10.9 Å². The Morgan fingerprint density at radius 1 is 1.24 bits per heavy atom. The van der Waals surface area contributed by atoms with Gasteiger partial charge in [-0.3, -0.25) is 4.98 Å². The van der Waals surface area contributed by atoms with Crippen molar-refractivity contribution in [3.63, 3.8) is 0 Å². The minimum Gasteiger partial charge on any atom is -0.497 e. The summed E-state index contributed by atoms with van der Waals surface area (Å²) in [6, 6.07) is 7.90. The van der Waals surface area contributed by atoms with E-state index >= 15 is 0 Å². The summed E-state index contributed by atoms with van der Waals surface area (Å²) in [5.74, 6) is 1.01. The summed E-state index contributed by atoms with van der Waals surface area (Å²) < 4.78 is 10.7. The monoisotopic (exact) mass is 400 g/mol. The Hall–Kier alpha value is -2.34. The number of rotatable bonds is 5. The molecule has 6 nitrogen and oxygen atoms in total. The van der Waals surface area contributed by atoms with Gasteiger partial charge in [0.15, 0.2) is 0 Å². The number of aliphatic hydroxyl groups is 1. The van der Waals surface area contributed by atoms with Gasteiger partial charge in [0.05, 0.1) is 18.7 Å². The van der Waals surface area contributed by atoms with Crippen LogP contribution in [-0.2, 0) is 11.2 Å². The Morgan fingerprint density at radius 2 is 1.97 bits per heavy atom. The smallest absolute Gasteiger partial charge is 0.407 e. The number of carbonyl (C=O) groups is 1. The molecule has 1 aliphatic carbocycles. The van der Waals surface area contributed by atoms with Crippen LogP contribution in [0.15, 0.2) is 30.5 Å². The van der Waals surface area contributed by atoms with E-state index in [-0.39, 0.29) is 18.1 Å². The average Bonchev–Trinajstić information content (AvgIpc) is 2.67. The third-order valence-electron chi connectivity index (χ3n) is 5.50. The second-order valence-electron chi connectivity index (χ2n) is 8.88. The molecule has 2 aromatic rings. The fraction of sp³-hybridized carbons (Fsp3) is 0.565. The van der Waals surface area contributed by atoms with E-state index in [2.05, 4.69) is 10.3 Å². The molecular weight excluding hydrogens is 368 g/mol. The maximum absolute atomic E-state index is 12.0. The molecule has 1 heterocycles. The Kier molecular flexibility index (Phi) is 6.63. The van der Waals surface area contributed by atoms with Gasteiger partial charge in [-0.05, 0) is 88.6 Å². The molecule has 1 saturated carbocycles. The normalized spacial score (nSPS) is 20.9. The minimum atomic E-state index is -0.493. The van der Waals surface area contributed by atoms with Crippen LogP contribution < -0.4 is 10.1 Å². The summed E-state index contributed by atoms with van der Waals surface area (Å²) in [5.41, 5.74) is 1.49. The number of pyridine rings is 1. The molecule has 0 unspecified atom stereocenters. The van der Waals surface area contributed by atoms with Crippen molar-refractivity contribution in [2.24, 2.45) is 5.92 Å². The molecule has 1 aliphatic rings. The third-order valence-corrected chi connectivity index (χ3v) is 5.50. The van der Waals surface area contributed by atoms with Gasteiger partial charge in [-0.25, -0.2) is 4.79 Å². The van der Waals surface area contributed by atoms with Crippen molar-refractivity contribution in [1.29, 1.82) is 0 Å². The summed E-state index contributed by atoms with van der Waals surface area (Å²) in [5, 5.41) is 14.8. The topological polar surface area (TPSA) is 80.7 Å². The van der Waals surface area contributed by atoms with Gasteiger partial charge >= 0.3 is 6.09 Å². The van der Waals surface area contributed by atoms with E-state index in [4.69, 9.17) is 9.47 Å². The van der Waals surface area contributed by atoms with Crippen molar-refractivity contribution in [3.05, 3.63) is 36.0 Å². The molecule has 0 saturated heterocycles. The van der Waals surface area contributed by atoms with Gasteiger partial charge < -0.3 is 19.9 Å². The number of ether oxygens (including phenoxy) is 2. The first-order valence-corrected chi connectivity index (χ1v) is 10.3. The fourth-order valence-corrected chi connectivity index (χ4v) is 4.00. The summed E-state index contributed by atoms with van der Waals surface area (Å²) in [6.45, 7) is 5.58. The molecule has 0 radical (unpaired) electrons. The highest BCUT2D eigenvalue weighted by atomic mass is 16.6. The van der Waals surface area contributed by atoms with Gasteiger partial charge in [0.25, 0.3) is 0 Å². The van der Waals surface area contributed by atoms with Crippen molar-refractivity contribution in [2.45, 2.75) is 70.6 Å². The molecule has 158 valence electrons. The highest BCUT2D eigenvalue weighted by molar-refractivity contribution is 5.83. The van der Waals surface area contributed by atoms with E-state index in [1.807, 2.05) is 45.0 Å². The summed E-state index contributed by atoms with van der Waals surface area (Å²) in [7, 11) is 1.65. The van der Waals surface area contributed by atoms with Crippen LogP contribution in [0.2, 0.25) is 0 Å². The van der Waals surface area contributed by atoms with E-state index < -0.39 is 11.7 Å². The van der Waals surface area contributed by atoms with E-state index in [0.717, 1.165) is 47.9 Å². The molecule has 1 atom stereocenters. The molecule has 1 amide bonds. The highest BCUT2D eigenvalue weighted by Crippen LogP contribution is 2.30. The van der Waals surface area contributed by atoms with Gasteiger partial charge in [0, 0.05) is 17.6 Å². The van der Waals surface area contributed by atoms with Crippen molar-refractivity contribution in [2.75, 3.05) is 7.11 Å². The number of carbonyl (C=O) groups excluding carboxylic acids is 1. The number of fused-ring (bicyclic) bond motifs is 1. The lowest BCUT2D eigenvalue weighted by molar-refractivity contribution is 0.0451. The zero-order chi connectivity index (χ0) is 21.0. The Labute approximate surface area is 172 Å². The molecule has 1 fully saturated rings. The molecule has 1 aromatic carbocycles. The van der Waals surface area contributed by atoms with E-state index in [0.29, 0.717) is 6.42 Å². The molecular formula is C23H32N2O4. The lowest BCUT2D eigenvalue weighted by Gasteiger charge is -2.32. The predicted octanol–water partition coefficient (Wildman–Crippen LogP) is 4.23. The number of benzene rings is 1. The predicted molar refractivity (Wildman–Crippen MR) is 113 cm³/mol. The lowest BCUT2D eigenvalue weighted by Crippen LogP contribution is -2.42. The highest BCUT2D eigenvalue weighted by Gasteiger charge is 2.28. The molecule has 6 heteroatoms. The molecule has 29 heavy (non-hydrogen) atoms. The van der Waals surface area contributed by atoms with Crippen molar-refractivity contribution in [1.82, 2.24) is 10.3 Å². The standard InChI is InChI=1S/C23H32N2O4/c1-23(2,3)29-22(27)25-17-7-5-15(6-8-17)21(26)13-16-11-12-24-20-10-9-18(28-4)14-19(16)20/h9-12,14-15,17,21,26H,5-8,13H2,1-4H3,(H,25,27)/t15?,17?,21-/m1/s1. The molecule has 2 N–H and O–H groups in total. The summed E-state index contributed by atoms with van der Waals surface area (Å²) in [6.07, 6.45) is 5.06. The summed E-state index contributed by atoms with van der Waals surface area (Å²) >= 11 is 0. The molecule has 0 spiro atoms. The van der Waals surface area contributed by atoms with Crippen LogP contribution in [-0.4, -0.2) is 41.0 Å². The second kappa shape index (κ2) is 8.99. The van der Waals surface area contributed by atoms with Gasteiger partial charge in [-0.15, -0.1) is 0 Å². The van der Waals surface area contributed by atoms with Crippen LogP contribution in [0.1, 0.15) is 52.0 Å². The molecule has 3 rings (SSSR count). The number of hydrogen-bond donors (Lipinski definition) is 2. The quantitative estimate of drug-likeness (QED) is 0.785. The second-order valence-corrected chi connectivity index (χ2v) is 8.88. The Balaban J connectivity index is 1.57. The number of alkyl carbamates (subject to hydrolysis) is 1. The number of hydrogen-bond acceptors (Lipinski definition) is 5. The van der Waals surface area contributed by atoms with Crippen LogP contribution >= 0.6 is 0 Å². The first-order chi connectivity index (χ1) is 13.7. The number of amides is 1.